The number of nitrogens with zero attached hydrogens (tertiary/aromatic N) is 2. The smallest absolute Gasteiger partial charge is 0.267 e. The standard InChI is InChI=1S/C18H13BrClN3O/c1-11-2-7-16-13(8-11)9-14(17(20)22-16)10-21-23-18(24)12-3-5-15(19)6-4-12/h2-10H,1H3,(H,23,24)/b21-10+. The Morgan fingerprint density at radius 1 is 1.21 bits per heavy atom. The Hall–Kier alpha value is -2.24. The maximum absolute atomic E-state index is 12.0. The number of halogens is 2. The normalized spacial score (nSPS) is 11.1. The number of amides is 1. The van der Waals surface area contributed by atoms with Crippen LogP contribution in [0.2, 0.25) is 5.15 Å². The summed E-state index contributed by atoms with van der Waals surface area (Å²) >= 11 is 9.50. The predicted molar refractivity (Wildman–Crippen MR) is 101 cm³/mol. The Kier molecular flexibility index (Phi) is 4.92. The van der Waals surface area contributed by atoms with Gasteiger partial charge in [0, 0.05) is 21.0 Å². The van der Waals surface area contributed by atoms with Crippen molar-refractivity contribution in [2.75, 3.05) is 0 Å². The highest BCUT2D eigenvalue weighted by atomic mass is 79.9. The molecule has 0 radical (unpaired) electrons. The van der Waals surface area contributed by atoms with Crippen LogP contribution in [-0.2, 0) is 0 Å². The van der Waals surface area contributed by atoms with Crippen molar-refractivity contribution in [2.24, 2.45) is 5.10 Å². The van der Waals surface area contributed by atoms with E-state index in [2.05, 4.69) is 31.4 Å². The number of carbonyl (C=O) groups excluding carboxylic acids is 1. The van der Waals surface area contributed by atoms with E-state index in [1.807, 2.05) is 31.2 Å². The minimum absolute atomic E-state index is 0.292. The fourth-order valence-corrected chi connectivity index (χ4v) is 2.66. The van der Waals surface area contributed by atoms with Gasteiger partial charge in [-0.15, -0.1) is 0 Å². The van der Waals surface area contributed by atoms with E-state index < -0.39 is 0 Å². The zero-order valence-electron chi connectivity index (χ0n) is 12.8. The number of rotatable bonds is 3. The Morgan fingerprint density at radius 3 is 2.71 bits per heavy atom. The van der Waals surface area contributed by atoms with Gasteiger partial charge in [0.2, 0.25) is 0 Å². The summed E-state index contributed by atoms with van der Waals surface area (Å²) in [5.41, 5.74) is 5.61. The number of hydrogen-bond acceptors (Lipinski definition) is 3. The average Bonchev–Trinajstić information content (AvgIpc) is 2.56. The number of fused-ring (bicyclic) bond motifs is 1. The molecule has 1 aromatic heterocycles. The molecule has 0 atom stereocenters. The van der Waals surface area contributed by atoms with Gasteiger partial charge in [0.05, 0.1) is 11.7 Å². The van der Waals surface area contributed by atoms with E-state index in [9.17, 15) is 4.79 Å². The summed E-state index contributed by atoms with van der Waals surface area (Å²) < 4.78 is 0.909. The summed E-state index contributed by atoms with van der Waals surface area (Å²) in [5, 5.41) is 5.28. The van der Waals surface area contributed by atoms with Crippen molar-refractivity contribution in [3.63, 3.8) is 0 Å². The number of pyridine rings is 1. The molecule has 120 valence electrons. The third-order valence-electron chi connectivity index (χ3n) is 3.43. The number of aromatic nitrogens is 1. The zero-order chi connectivity index (χ0) is 17.1. The van der Waals surface area contributed by atoms with Crippen LogP contribution in [0.3, 0.4) is 0 Å². The van der Waals surface area contributed by atoms with Crippen LogP contribution >= 0.6 is 27.5 Å². The van der Waals surface area contributed by atoms with Crippen LogP contribution in [0, 0.1) is 6.92 Å². The second kappa shape index (κ2) is 7.11. The van der Waals surface area contributed by atoms with Crippen molar-refractivity contribution in [3.05, 3.63) is 74.8 Å². The van der Waals surface area contributed by atoms with Crippen LogP contribution in [0.4, 0.5) is 0 Å². The first-order chi connectivity index (χ1) is 11.5. The third kappa shape index (κ3) is 3.80. The first kappa shape index (κ1) is 16.6. The van der Waals surface area contributed by atoms with Crippen molar-refractivity contribution >= 4 is 50.6 Å². The minimum atomic E-state index is -0.292. The van der Waals surface area contributed by atoms with Gasteiger partial charge >= 0.3 is 0 Å². The van der Waals surface area contributed by atoms with E-state index in [-0.39, 0.29) is 5.91 Å². The number of nitrogens with one attached hydrogen (secondary N) is 1. The van der Waals surface area contributed by atoms with Crippen LogP contribution in [0.15, 0.2) is 58.1 Å². The molecule has 4 nitrogen and oxygen atoms in total. The summed E-state index contributed by atoms with van der Waals surface area (Å²) in [6.07, 6.45) is 1.49. The van der Waals surface area contributed by atoms with Crippen molar-refractivity contribution in [2.45, 2.75) is 6.92 Å². The fourth-order valence-electron chi connectivity index (χ4n) is 2.21. The predicted octanol–water partition coefficient (Wildman–Crippen LogP) is 4.72. The van der Waals surface area contributed by atoms with Gasteiger partial charge in [-0.1, -0.05) is 39.2 Å². The van der Waals surface area contributed by atoms with Gasteiger partial charge in [0.25, 0.3) is 5.91 Å². The molecular weight excluding hydrogens is 390 g/mol. The highest BCUT2D eigenvalue weighted by Crippen LogP contribution is 2.20. The Bertz CT molecular complexity index is 939. The molecule has 0 aliphatic heterocycles. The van der Waals surface area contributed by atoms with Gasteiger partial charge in [0.15, 0.2) is 0 Å². The fraction of sp³-hybridized carbons (Fsp3) is 0.0556. The average molecular weight is 403 g/mol. The lowest BCUT2D eigenvalue weighted by Gasteiger charge is -2.03. The molecule has 6 heteroatoms. The molecule has 0 unspecified atom stereocenters. The summed E-state index contributed by atoms with van der Waals surface area (Å²) in [6.45, 7) is 2.01. The topological polar surface area (TPSA) is 54.4 Å². The lowest BCUT2D eigenvalue weighted by atomic mass is 10.1. The molecule has 24 heavy (non-hydrogen) atoms. The van der Waals surface area contributed by atoms with Crippen molar-refractivity contribution in [1.29, 1.82) is 0 Å². The molecule has 0 saturated carbocycles. The summed E-state index contributed by atoms with van der Waals surface area (Å²) in [4.78, 5) is 16.3. The van der Waals surface area contributed by atoms with E-state index in [0.717, 1.165) is 20.9 Å². The molecule has 0 aliphatic carbocycles. The SMILES string of the molecule is Cc1ccc2nc(Cl)c(/C=N/NC(=O)c3ccc(Br)cc3)cc2c1. The molecule has 0 fully saturated rings. The van der Waals surface area contributed by atoms with E-state index in [0.29, 0.717) is 16.3 Å². The Labute approximate surface area is 152 Å². The van der Waals surface area contributed by atoms with Crippen molar-refractivity contribution in [3.8, 4) is 0 Å². The molecule has 3 aromatic rings. The maximum Gasteiger partial charge on any atom is 0.271 e. The van der Waals surface area contributed by atoms with Gasteiger partial charge in [-0.25, -0.2) is 10.4 Å². The van der Waals surface area contributed by atoms with Gasteiger partial charge in [0.1, 0.15) is 5.15 Å². The molecule has 0 saturated heterocycles. The van der Waals surface area contributed by atoms with Crippen LogP contribution in [0.1, 0.15) is 21.5 Å². The van der Waals surface area contributed by atoms with Crippen LogP contribution in [-0.4, -0.2) is 17.1 Å². The molecular formula is C18H13BrClN3O. The molecule has 0 bridgehead atoms. The van der Waals surface area contributed by atoms with E-state index in [1.54, 1.807) is 24.3 Å². The van der Waals surface area contributed by atoms with Crippen LogP contribution in [0.25, 0.3) is 10.9 Å². The Morgan fingerprint density at radius 2 is 1.96 bits per heavy atom. The van der Waals surface area contributed by atoms with E-state index in [4.69, 9.17) is 11.6 Å². The number of aryl methyl sites for hydroxylation is 1. The minimum Gasteiger partial charge on any atom is -0.267 e. The molecule has 0 spiro atoms. The Balaban J connectivity index is 1.78. The second-order valence-electron chi connectivity index (χ2n) is 5.27. The second-order valence-corrected chi connectivity index (χ2v) is 6.54. The van der Waals surface area contributed by atoms with Gasteiger partial charge in [-0.2, -0.15) is 5.10 Å². The van der Waals surface area contributed by atoms with Crippen molar-refractivity contribution in [1.82, 2.24) is 10.4 Å². The highest BCUT2D eigenvalue weighted by Gasteiger charge is 2.05. The lowest BCUT2D eigenvalue weighted by Crippen LogP contribution is -2.17. The summed E-state index contributed by atoms with van der Waals surface area (Å²) in [5.74, 6) is -0.292. The number of hydrogen-bond donors (Lipinski definition) is 1. The van der Waals surface area contributed by atoms with Crippen LogP contribution in [0.5, 0.6) is 0 Å². The number of carbonyl (C=O) groups is 1. The molecule has 1 heterocycles. The third-order valence-corrected chi connectivity index (χ3v) is 4.26. The quantitative estimate of drug-likeness (QED) is 0.391. The molecule has 0 aliphatic rings. The molecule has 3 rings (SSSR count). The van der Waals surface area contributed by atoms with E-state index >= 15 is 0 Å². The zero-order valence-corrected chi connectivity index (χ0v) is 15.1. The number of benzene rings is 2. The van der Waals surface area contributed by atoms with Gasteiger partial charge < -0.3 is 0 Å². The molecule has 1 amide bonds. The molecule has 2 aromatic carbocycles. The van der Waals surface area contributed by atoms with E-state index in [1.165, 1.54) is 6.21 Å². The highest BCUT2D eigenvalue weighted by molar-refractivity contribution is 9.10. The lowest BCUT2D eigenvalue weighted by molar-refractivity contribution is 0.0955. The first-order valence-corrected chi connectivity index (χ1v) is 8.36. The van der Waals surface area contributed by atoms with Crippen LogP contribution < -0.4 is 5.43 Å². The summed E-state index contributed by atoms with van der Waals surface area (Å²) in [7, 11) is 0. The van der Waals surface area contributed by atoms with Gasteiger partial charge in [-0.3, -0.25) is 4.79 Å². The largest absolute Gasteiger partial charge is 0.271 e. The van der Waals surface area contributed by atoms with Crippen molar-refractivity contribution < 1.29 is 4.79 Å². The first-order valence-electron chi connectivity index (χ1n) is 7.19. The molecule has 1 N–H and O–H groups in total. The maximum atomic E-state index is 12.0. The number of hydrazone groups is 1. The summed E-state index contributed by atoms with van der Waals surface area (Å²) in [6, 6.07) is 14.8. The van der Waals surface area contributed by atoms with Gasteiger partial charge in [-0.05, 0) is 49.4 Å². The monoisotopic (exact) mass is 401 g/mol.